The van der Waals surface area contributed by atoms with E-state index in [9.17, 15) is 14.0 Å². The third-order valence-electron chi connectivity index (χ3n) is 6.30. The number of methoxy groups -OCH3 is 1. The maximum Gasteiger partial charge on any atom is 0.276 e. The normalized spacial score (nSPS) is 17.7. The first-order chi connectivity index (χ1) is 16.9. The Balaban J connectivity index is 1.22. The SMILES string of the molecule is COc1ccc(C2Cn3nnc(C(=O)N4CCN(C(=O)c5ccc(F)cc5Cl)CC4)c3CO2)cc1. The highest BCUT2D eigenvalue weighted by atomic mass is 35.5. The number of amides is 2. The van der Waals surface area contributed by atoms with Gasteiger partial charge in [-0.15, -0.1) is 5.10 Å². The van der Waals surface area contributed by atoms with Gasteiger partial charge in [0, 0.05) is 26.2 Å². The van der Waals surface area contributed by atoms with Gasteiger partial charge >= 0.3 is 0 Å². The maximum absolute atomic E-state index is 13.3. The van der Waals surface area contributed by atoms with Crippen molar-refractivity contribution in [2.24, 2.45) is 0 Å². The number of ether oxygens (including phenoxy) is 2. The lowest BCUT2D eigenvalue weighted by Crippen LogP contribution is -2.51. The molecule has 0 spiro atoms. The smallest absolute Gasteiger partial charge is 0.276 e. The Bertz CT molecular complexity index is 1260. The Hall–Kier alpha value is -3.50. The molecule has 3 aromatic rings. The largest absolute Gasteiger partial charge is 0.497 e. The molecule has 3 heterocycles. The van der Waals surface area contributed by atoms with Gasteiger partial charge in [-0.1, -0.05) is 28.9 Å². The summed E-state index contributed by atoms with van der Waals surface area (Å²) in [6, 6.07) is 11.3. The van der Waals surface area contributed by atoms with E-state index in [1.807, 2.05) is 24.3 Å². The van der Waals surface area contributed by atoms with E-state index < -0.39 is 5.82 Å². The molecule has 9 nitrogen and oxygen atoms in total. The van der Waals surface area contributed by atoms with Crippen molar-refractivity contribution >= 4 is 23.4 Å². The first-order valence-corrected chi connectivity index (χ1v) is 11.5. The Morgan fingerprint density at radius 1 is 1.06 bits per heavy atom. The lowest BCUT2D eigenvalue weighted by Gasteiger charge is -2.34. The average Bonchev–Trinajstić information content (AvgIpc) is 3.31. The fraction of sp³-hybridized carbons (Fsp3) is 0.333. The van der Waals surface area contributed by atoms with E-state index in [0.29, 0.717) is 38.4 Å². The lowest BCUT2D eigenvalue weighted by atomic mass is 10.1. The number of halogens is 2. The quantitative estimate of drug-likeness (QED) is 0.548. The lowest BCUT2D eigenvalue weighted by molar-refractivity contribution is -0.00204. The second-order valence-corrected chi connectivity index (χ2v) is 8.76. The molecule has 5 rings (SSSR count). The molecule has 2 aromatic carbocycles. The predicted molar refractivity (Wildman–Crippen MR) is 124 cm³/mol. The van der Waals surface area contributed by atoms with E-state index in [1.165, 1.54) is 12.1 Å². The molecule has 2 aliphatic heterocycles. The van der Waals surface area contributed by atoms with Crippen LogP contribution in [0.3, 0.4) is 0 Å². The van der Waals surface area contributed by atoms with Gasteiger partial charge in [0.25, 0.3) is 11.8 Å². The molecular weight excluding hydrogens is 477 g/mol. The molecule has 0 saturated carbocycles. The van der Waals surface area contributed by atoms with Gasteiger partial charge in [0.15, 0.2) is 5.69 Å². The fourth-order valence-corrected chi connectivity index (χ4v) is 4.54. The zero-order chi connectivity index (χ0) is 24.5. The van der Waals surface area contributed by atoms with Gasteiger partial charge in [0.2, 0.25) is 0 Å². The van der Waals surface area contributed by atoms with Crippen molar-refractivity contribution in [2.45, 2.75) is 19.3 Å². The number of carbonyl (C=O) groups is 2. The van der Waals surface area contributed by atoms with Gasteiger partial charge in [-0.3, -0.25) is 9.59 Å². The van der Waals surface area contributed by atoms with Crippen LogP contribution in [0.5, 0.6) is 5.75 Å². The highest BCUT2D eigenvalue weighted by molar-refractivity contribution is 6.33. The van der Waals surface area contributed by atoms with Crippen molar-refractivity contribution in [2.75, 3.05) is 33.3 Å². The van der Waals surface area contributed by atoms with Crippen molar-refractivity contribution < 1.29 is 23.5 Å². The van der Waals surface area contributed by atoms with Crippen molar-refractivity contribution in [3.05, 3.63) is 75.8 Å². The standard InChI is InChI=1S/C24H23ClFN5O4/c1-34-17-5-2-15(3-6-17)21-13-31-20(14-35-21)22(27-28-31)24(33)30-10-8-29(9-11-30)23(32)18-7-4-16(26)12-19(18)25/h2-7,12,21H,8-11,13-14H2,1H3. The van der Waals surface area contributed by atoms with Crippen LogP contribution in [-0.4, -0.2) is 69.9 Å². The molecule has 182 valence electrons. The van der Waals surface area contributed by atoms with Crippen LogP contribution in [0.15, 0.2) is 42.5 Å². The molecule has 0 aliphatic carbocycles. The summed E-state index contributed by atoms with van der Waals surface area (Å²) in [5.74, 6) is -0.273. The third-order valence-corrected chi connectivity index (χ3v) is 6.62. The summed E-state index contributed by atoms with van der Waals surface area (Å²) in [4.78, 5) is 29.2. The summed E-state index contributed by atoms with van der Waals surface area (Å²) in [6.07, 6.45) is -0.203. The highest BCUT2D eigenvalue weighted by Crippen LogP contribution is 2.29. The van der Waals surface area contributed by atoms with Gasteiger partial charge in [-0.05, 0) is 35.9 Å². The van der Waals surface area contributed by atoms with E-state index in [4.69, 9.17) is 21.1 Å². The van der Waals surface area contributed by atoms with Crippen molar-refractivity contribution in [1.82, 2.24) is 24.8 Å². The van der Waals surface area contributed by atoms with Crippen LogP contribution in [0.1, 0.15) is 38.2 Å². The summed E-state index contributed by atoms with van der Waals surface area (Å²) in [6.45, 7) is 2.00. The van der Waals surface area contributed by atoms with E-state index in [2.05, 4.69) is 10.3 Å². The van der Waals surface area contributed by atoms with E-state index in [0.717, 1.165) is 17.4 Å². The van der Waals surface area contributed by atoms with Crippen LogP contribution in [-0.2, 0) is 17.9 Å². The number of fused-ring (bicyclic) bond motifs is 1. The van der Waals surface area contributed by atoms with Gasteiger partial charge in [-0.2, -0.15) is 0 Å². The third kappa shape index (κ3) is 4.59. The first-order valence-electron chi connectivity index (χ1n) is 11.2. The number of nitrogens with zero attached hydrogens (tertiary/aromatic N) is 5. The van der Waals surface area contributed by atoms with Crippen molar-refractivity contribution in [1.29, 1.82) is 0 Å². The van der Waals surface area contributed by atoms with E-state index in [-0.39, 0.29) is 40.8 Å². The molecule has 0 radical (unpaired) electrons. The molecule has 1 fully saturated rings. The summed E-state index contributed by atoms with van der Waals surface area (Å²) >= 11 is 6.03. The number of piperazine rings is 1. The molecular formula is C24H23ClFN5O4. The maximum atomic E-state index is 13.3. The second kappa shape index (κ2) is 9.63. The number of rotatable bonds is 4. The zero-order valence-electron chi connectivity index (χ0n) is 19.0. The molecule has 1 saturated heterocycles. The van der Waals surface area contributed by atoms with Crippen LogP contribution in [0, 0.1) is 5.82 Å². The van der Waals surface area contributed by atoms with Crippen LogP contribution in [0.4, 0.5) is 4.39 Å². The second-order valence-electron chi connectivity index (χ2n) is 8.35. The molecule has 11 heteroatoms. The Kier molecular flexibility index (Phi) is 6.40. The minimum absolute atomic E-state index is 0.0668. The van der Waals surface area contributed by atoms with Crippen LogP contribution >= 0.6 is 11.6 Å². The van der Waals surface area contributed by atoms with Crippen LogP contribution < -0.4 is 4.74 Å². The van der Waals surface area contributed by atoms with E-state index >= 15 is 0 Å². The summed E-state index contributed by atoms with van der Waals surface area (Å²) in [7, 11) is 1.62. The van der Waals surface area contributed by atoms with Gasteiger partial charge in [0.1, 0.15) is 17.7 Å². The first kappa shape index (κ1) is 23.3. The molecule has 0 N–H and O–H groups in total. The molecule has 0 bridgehead atoms. The monoisotopic (exact) mass is 499 g/mol. The topological polar surface area (TPSA) is 89.8 Å². The Labute approximate surface area is 206 Å². The minimum Gasteiger partial charge on any atom is -0.497 e. The van der Waals surface area contributed by atoms with Crippen LogP contribution in [0.2, 0.25) is 5.02 Å². The zero-order valence-corrected chi connectivity index (χ0v) is 19.7. The number of aromatic nitrogens is 3. The molecule has 35 heavy (non-hydrogen) atoms. The van der Waals surface area contributed by atoms with E-state index in [1.54, 1.807) is 21.6 Å². The predicted octanol–water partition coefficient (Wildman–Crippen LogP) is 2.95. The summed E-state index contributed by atoms with van der Waals surface area (Å²) in [5.41, 5.74) is 2.13. The number of hydrogen-bond donors (Lipinski definition) is 0. The van der Waals surface area contributed by atoms with Gasteiger partial charge in [-0.25, -0.2) is 9.07 Å². The minimum atomic E-state index is -0.502. The average molecular weight is 500 g/mol. The summed E-state index contributed by atoms with van der Waals surface area (Å²) in [5, 5.41) is 8.39. The Morgan fingerprint density at radius 2 is 1.74 bits per heavy atom. The fourth-order valence-electron chi connectivity index (χ4n) is 4.29. The summed E-state index contributed by atoms with van der Waals surface area (Å²) < 4.78 is 26.2. The number of benzene rings is 2. The molecule has 1 atom stereocenters. The van der Waals surface area contributed by atoms with Gasteiger partial charge < -0.3 is 19.3 Å². The highest BCUT2D eigenvalue weighted by Gasteiger charge is 2.32. The molecule has 1 unspecified atom stereocenters. The number of carbonyl (C=O) groups excluding carboxylic acids is 2. The number of hydrogen-bond acceptors (Lipinski definition) is 6. The van der Waals surface area contributed by atoms with Crippen molar-refractivity contribution in [3.63, 3.8) is 0 Å². The van der Waals surface area contributed by atoms with Crippen LogP contribution in [0.25, 0.3) is 0 Å². The molecule has 2 amide bonds. The molecule has 1 aromatic heterocycles. The Morgan fingerprint density at radius 3 is 2.40 bits per heavy atom. The molecule has 2 aliphatic rings. The van der Waals surface area contributed by atoms with Crippen molar-refractivity contribution in [3.8, 4) is 5.75 Å². The van der Waals surface area contributed by atoms with Gasteiger partial charge in [0.05, 0.1) is 36.5 Å².